The maximum Gasteiger partial charge on any atom is 0.107 e. The molecule has 0 spiro atoms. The fourth-order valence-electron chi connectivity index (χ4n) is 1.43. The quantitative estimate of drug-likeness (QED) is 0.459. The maximum atomic E-state index is 5.33. The van der Waals surface area contributed by atoms with E-state index in [2.05, 4.69) is 37.3 Å². The number of rotatable bonds is 3. The first-order chi connectivity index (χ1) is 5.90. The Bertz CT molecular complexity index is 248. The van der Waals surface area contributed by atoms with Crippen LogP contribution in [0, 0.1) is 0 Å². The van der Waals surface area contributed by atoms with E-state index in [9.17, 15) is 0 Å². The lowest BCUT2D eigenvalue weighted by atomic mass is 10.0. The van der Waals surface area contributed by atoms with Crippen LogP contribution in [0.15, 0.2) is 36.0 Å². The molecule has 0 radical (unpaired) electrons. The van der Waals surface area contributed by atoms with E-state index in [0.29, 0.717) is 12.2 Å². The van der Waals surface area contributed by atoms with Crippen molar-refractivity contribution in [3.8, 4) is 0 Å². The predicted molar refractivity (Wildman–Crippen MR) is 49.9 cm³/mol. The molecule has 1 fully saturated rings. The number of ether oxygens (including phenoxy) is 1. The fourth-order valence-corrected chi connectivity index (χ4v) is 1.43. The molecule has 0 aromatic rings. The van der Waals surface area contributed by atoms with Crippen LogP contribution in [0.25, 0.3) is 0 Å². The highest BCUT2D eigenvalue weighted by molar-refractivity contribution is 5.33. The highest BCUT2D eigenvalue weighted by Gasteiger charge is 2.36. The molecule has 0 saturated carbocycles. The van der Waals surface area contributed by atoms with E-state index in [1.165, 1.54) is 5.57 Å². The van der Waals surface area contributed by atoms with Crippen molar-refractivity contribution in [2.75, 3.05) is 0 Å². The van der Waals surface area contributed by atoms with Crippen LogP contribution in [0.2, 0.25) is 0 Å². The third-order valence-electron chi connectivity index (χ3n) is 2.20. The van der Waals surface area contributed by atoms with Gasteiger partial charge >= 0.3 is 0 Å². The summed E-state index contributed by atoms with van der Waals surface area (Å²) < 4.78 is 5.33. The zero-order chi connectivity index (χ0) is 8.39. The molecule has 1 saturated heterocycles. The van der Waals surface area contributed by atoms with E-state index in [-0.39, 0.29) is 0 Å². The van der Waals surface area contributed by atoms with Gasteiger partial charge in [0.15, 0.2) is 0 Å². The standard InChI is InChI=1S/C11H14O/c1-2-3-4-5-9-6-7-10-11(8-9)12-10/h3-4,6-8,10-11H,2,5H2,1H3. The Labute approximate surface area is 73.4 Å². The van der Waals surface area contributed by atoms with Crippen molar-refractivity contribution in [1.82, 2.24) is 0 Å². The van der Waals surface area contributed by atoms with Crippen molar-refractivity contribution < 1.29 is 4.74 Å². The van der Waals surface area contributed by atoms with Gasteiger partial charge in [-0.2, -0.15) is 0 Å². The first-order valence-corrected chi connectivity index (χ1v) is 4.59. The van der Waals surface area contributed by atoms with Crippen molar-refractivity contribution in [1.29, 1.82) is 0 Å². The number of fused-ring (bicyclic) bond motifs is 1. The highest BCUT2D eigenvalue weighted by atomic mass is 16.6. The van der Waals surface area contributed by atoms with Gasteiger partial charge in [0.2, 0.25) is 0 Å². The Kier molecular flexibility index (Phi) is 2.13. The minimum atomic E-state index is 0.403. The topological polar surface area (TPSA) is 12.5 Å². The Morgan fingerprint density at radius 3 is 3.08 bits per heavy atom. The van der Waals surface area contributed by atoms with E-state index in [4.69, 9.17) is 4.74 Å². The molecule has 0 aromatic carbocycles. The van der Waals surface area contributed by atoms with Crippen LogP contribution in [0.5, 0.6) is 0 Å². The summed E-state index contributed by atoms with van der Waals surface area (Å²) in [4.78, 5) is 0. The van der Waals surface area contributed by atoms with Crippen LogP contribution < -0.4 is 0 Å². The molecule has 12 heavy (non-hydrogen) atoms. The van der Waals surface area contributed by atoms with Gasteiger partial charge in [0.25, 0.3) is 0 Å². The minimum absolute atomic E-state index is 0.403. The largest absolute Gasteiger partial charge is 0.361 e. The Hall–Kier alpha value is -0.820. The normalized spacial score (nSPS) is 31.9. The van der Waals surface area contributed by atoms with Gasteiger partial charge in [-0.3, -0.25) is 0 Å². The van der Waals surface area contributed by atoms with E-state index >= 15 is 0 Å². The second kappa shape index (κ2) is 3.28. The fraction of sp³-hybridized carbons (Fsp3) is 0.455. The molecule has 1 aliphatic carbocycles. The lowest BCUT2D eigenvalue weighted by Gasteiger charge is -1.99. The summed E-state index contributed by atoms with van der Waals surface area (Å²) in [6, 6.07) is 0. The van der Waals surface area contributed by atoms with Crippen LogP contribution >= 0.6 is 0 Å². The second-order valence-corrected chi connectivity index (χ2v) is 3.25. The number of hydrogen-bond donors (Lipinski definition) is 0. The van der Waals surface area contributed by atoms with Crippen molar-refractivity contribution >= 4 is 0 Å². The summed E-state index contributed by atoms with van der Waals surface area (Å²) in [5.74, 6) is 0. The van der Waals surface area contributed by atoms with Gasteiger partial charge in [-0.05, 0) is 24.5 Å². The number of allylic oxidation sites excluding steroid dienone is 4. The van der Waals surface area contributed by atoms with Gasteiger partial charge in [0.05, 0.1) is 0 Å². The van der Waals surface area contributed by atoms with E-state index in [0.717, 1.165) is 12.8 Å². The molecule has 1 nitrogen and oxygen atoms in total. The zero-order valence-electron chi connectivity index (χ0n) is 7.36. The average molecular weight is 162 g/mol. The van der Waals surface area contributed by atoms with Crippen molar-refractivity contribution in [2.24, 2.45) is 0 Å². The molecule has 64 valence electrons. The molecule has 1 heteroatoms. The summed E-state index contributed by atoms with van der Waals surface area (Å²) in [5, 5.41) is 0. The summed E-state index contributed by atoms with van der Waals surface area (Å²) in [6.07, 6.45) is 14.0. The molecule has 0 amide bonds. The van der Waals surface area contributed by atoms with Gasteiger partial charge < -0.3 is 4.74 Å². The minimum Gasteiger partial charge on any atom is -0.361 e. The van der Waals surface area contributed by atoms with Gasteiger partial charge in [0.1, 0.15) is 12.2 Å². The summed E-state index contributed by atoms with van der Waals surface area (Å²) >= 11 is 0. The molecule has 0 bridgehead atoms. The first kappa shape index (κ1) is 7.81. The van der Waals surface area contributed by atoms with Gasteiger partial charge in [-0.25, -0.2) is 0 Å². The summed E-state index contributed by atoms with van der Waals surface area (Å²) in [5.41, 5.74) is 1.39. The molecule has 2 aliphatic rings. The molecular formula is C11H14O. The Morgan fingerprint density at radius 1 is 1.42 bits per heavy atom. The van der Waals surface area contributed by atoms with Crippen molar-refractivity contribution in [3.05, 3.63) is 36.0 Å². The van der Waals surface area contributed by atoms with Gasteiger partial charge in [-0.1, -0.05) is 31.2 Å². The zero-order valence-corrected chi connectivity index (χ0v) is 7.36. The lowest BCUT2D eigenvalue weighted by molar-refractivity contribution is 0.414. The Morgan fingerprint density at radius 2 is 2.33 bits per heavy atom. The Balaban J connectivity index is 1.88. The lowest BCUT2D eigenvalue weighted by Crippen LogP contribution is -1.93. The second-order valence-electron chi connectivity index (χ2n) is 3.25. The molecule has 2 unspecified atom stereocenters. The third kappa shape index (κ3) is 1.67. The average Bonchev–Trinajstić information content (AvgIpc) is 2.83. The van der Waals surface area contributed by atoms with E-state index < -0.39 is 0 Å². The predicted octanol–water partition coefficient (Wildman–Crippen LogP) is 2.61. The molecule has 2 atom stereocenters. The molecule has 1 aliphatic heterocycles. The number of hydrogen-bond acceptors (Lipinski definition) is 1. The molecule has 0 aromatic heterocycles. The molecule has 0 N–H and O–H groups in total. The first-order valence-electron chi connectivity index (χ1n) is 4.59. The molecular weight excluding hydrogens is 148 g/mol. The van der Waals surface area contributed by atoms with Crippen LogP contribution in [-0.4, -0.2) is 12.2 Å². The van der Waals surface area contributed by atoms with Crippen molar-refractivity contribution in [2.45, 2.75) is 32.0 Å². The van der Waals surface area contributed by atoms with Crippen LogP contribution in [-0.2, 0) is 4.74 Å². The maximum absolute atomic E-state index is 5.33. The monoisotopic (exact) mass is 162 g/mol. The highest BCUT2D eigenvalue weighted by Crippen LogP contribution is 2.30. The van der Waals surface area contributed by atoms with Gasteiger partial charge in [-0.15, -0.1) is 0 Å². The van der Waals surface area contributed by atoms with E-state index in [1.807, 2.05) is 0 Å². The smallest absolute Gasteiger partial charge is 0.107 e. The number of epoxide rings is 1. The molecule has 1 heterocycles. The third-order valence-corrected chi connectivity index (χ3v) is 2.20. The van der Waals surface area contributed by atoms with Crippen LogP contribution in [0.3, 0.4) is 0 Å². The van der Waals surface area contributed by atoms with E-state index in [1.54, 1.807) is 0 Å². The van der Waals surface area contributed by atoms with Crippen molar-refractivity contribution in [3.63, 3.8) is 0 Å². The van der Waals surface area contributed by atoms with Crippen LogP contribution in [0.4, 0.5) is 0 Å². The molecule has 2 rings (SSSR count). The summed E-state index contributed by atoms with van der Waals surface area (Å²) in [6.45, 7) is 2.15. The van der Waals surface area contributed by atoms with Crippen LogP contribution in [0.1, 0.15) is 19.8 Å². The SMILES string of the molecule is CCC=CCC1=CC2OC2C=C1. The summed E-state index contributed by atoms with van der Waals surface area (Å²) in [7, 11) is 0. The van der Waals surface area contributed by atoms with Gasteiger partial charge in [0, 0.05) is 0 Å².